The van der Waals surface area contributed by atoms with Crippen LogP contribution in [-0.2, 0) is 19.4 Å². The lowest BCUT2D eigenvalue weighted by Crippen LogP contribution is -2.23. The summed E-state index contributed by atoms with van der Waals surface area (Å²) in [5, 5.41) is 1.04. The zero-order valence-electron chi connectivity index (χ0n) is 8.97. The number of carbonyl (C=O) groups is 1. The molecule has 0 aromatic heterocycles. The van der Waals surface area contributed by atoms with Crippen LogP contribution in [0, 0.1) is 0 Å². The fourth-order valence-electron chi connectivity index (χ4n) is 0.797. The van der Waals surface area contributed by atoms with Crippen molar-refractivity contribution >= 4 is 15.8 Å². The van der Waals surface area contributed by atoms with E-state index in [9.17, 15) is 13.2 Å². The standard InChI is InChI=1S/C9H17NO4S/c1-3-14-9(11)7-8(10)5-6-15(12,13)4-2/h5-6,8H,3-4,7,10H2,1-2H3/b6-5+/t8-/m1/s1. The molecule has 0 unspecified atom stereocenters. The highest BCUT2D eigenvalue weighted by Gasteiger charge is 2.08. The highest BCUT2D eigenvalue weighted by molar-refractivity contribution is 7.94. The zero-order chi connectivity index (χ0) is 11.9. The first-order valence-corrected chi connectivity index (χ1v) is 6.45. The van der Waals surface area contributed by atoms with Crippen LogP contribution in [0.5, 0.6) is 0 Å². The van der Waals surface area contributed by atoms with Crippen LogP contribution in [0.15, 0.2) is 11.5 Å². The molecule has 5 nitrogen and oxygen atoms in total. The van der Waals surface area contributed by atoms with Gasteiger partial charge in [0.1, 0.15) is 0 Å². The van der Waals surface area contributed by atoms with Gasteiger partial charge in [-0.2, -0.15) is 0 Å². The minimum Gasteiger partial charge on any atom is -0.466 e. The summed E-state index contributed by atoms with van der Waals surface area (Å²) in [7, 11) is -3.18. The summed E-state index contributed by atoms with van der Waals surface area (Å²) >= 11 is 0. The number of hydrogen-bond donors (Lipinski definition) is 1. The molecule has 6 heteroatoms. The Morgan fingerprint density at radius 3 is 2.53 bits per heavy atom. The molecule has 2 N–H and O–H groups in total. The lowest BCUT2D eigenvalue weighted by Gasteiger charge is -2.05. The molecule has 0 fully saturated rings. The summed E-state index contributed by atoms with van der Waals surface area (Å²) in [6.45, 7) is 3.53. The Labute approximate surface area is 90.2 Å². The van der Waals surface area contributed by atoms with Crippen molar-refractivity contribution in [2.24, 2.45) is 5.73 Å². The van der Waals surface area contributed by atoms with E-state index < -0.39 is 21.8 Å². The summed E-state index contributed by atoms with van der Waals surface area (Å²) in [6, 6.07) is -0.620. The third kappa shape index (κ3) is 7.10. The molecule has 15 heavy (non-hydrogen) atoms. The first kappa shape index (κ1) is 14.1. The van der Waals surface area contributed by atoms with Crippen molar-refractivity contribution in [3.8, 4) is 0 Å². The van der Waals surface area contributed by atoms with Crippen LogP contribution in [0.25, 0.3) is 0 Å². The monoisotopic (exact) mass is 235 g/mol. The first-order chi connectivity index (χ1) is 6.91. The minimum absolute atomic E-state index is 0.0103. The van der Waals surface area contributed by atoms with Crippen LogP contribution in [0.1, 0.15) is 20.3 Å². The van der Waals surface area contributed by atoms with Gasteiger partial charge in [0.25, 0.3) is 0 Å². The summed E-state index contributed by atoms with van der Waals surface area (Å²) in [5.41, 5.74) is 5.51. The molecule has 0 spiro atoms. The van der Waals surface area contributed by atoms with Crippen molar-refractivity contribution in [2.45, 2.75) is 26.3 Å². The van der Waals surface area contributed by atoms with Crippen molar-refractivity contribution in [3.05, 3.63) is 11.5 Å². The number of sulfone groups is 1. The predicted molar refractivity (Wildman–Crippen MR) is 57.8 cm³/mol. The second-order valence-corrected chi connectivity index (χ2v) is 5.13. The minimum atomic E-state index is -3.18. The fourth-order valence-corrected chi connectivity index (χ4v) is 1.43. The molecule has 0 heterocycles. The van der Waals surface area contributed by atoms with E-state index in [1.54, 1.807) is 6.92 Å². The Morgan fingerprint density at radius 1 is 1.47 bits per heavy atom. The smallest absolute Gasteiger partial charge is 0.307 e. The zero-order valence-corrected chi connectivity index (χ0v) is 9.79. The van der Waals surface area contributed by atoms with Crippen LogP contribution in [-0.4, -0.2) is 32.8 Å². The van der Waals surface area contributed by atoms with Crippen LogP contribution in [0.4, 0.5) is 0 Å². The number of nitrogens with two attached hydrogens (primary N) is 1. The van der Waals surface area contributed by atoms with Gasteiger partial charge in [-0.05, 0) is 6.92 Å². The third-order valence-corrected chi connectivity index (χ3v) is 3.02. The van der Waals surface area contributed by atoms with E-state index in [0.717, 1.165) is 5.41 Å². The molecule has 0 aliphatic carbocycles. The predicted octanol–water partition coefficient (Wildman–Crippen LogP) is 0.215. The van der Waals surface area contributed by atoms with E-state index in [1.807, 2.05) is 0 Å². The van der Waals surface area contributed by atoms with Gasteiger partial charge in [0.05, 0.1) is 18.8 Å². The Morgan fingerprint density at radius 2 is 2.07 bits per heavy atom. The fraction of sp³-hybridized carbons (Fsp3) is 0.667. The Bertz CT molecular complexity index is 321. The van der Waals surface area contributed by atoms with Crippen molar-refractivity contribution in [2.75, 3.05) is 12.4 Å². The van der Waals surface area contributed by atoms with Gasteiger partial charge < -0.3 is 10.5 Å². The van der Waals surface area contributed by atoms with Crippen LogP contribution in [0.2, 0.25) is 0 Å². The average Bonchev–Trinajstić information content (AvgIpc) is 2.15. The topological polar surface area (TPSA) is 86.5 Å². The van der Waals surface area contributed by atoms with E-state index in [2.05, 4.69) is 4.74 Å². The molecule has 0 radical (unpaired) electrons. The van der Waals surface area contributed by atoms with Gasteiger partial charge in [0.2, 0.25) is 0 Å². The molecule has 0 aromatic carbocycles. The average molecular weight is 235 g/mol. The van der Waals surface area contributed by atoms with Gasteiger partial charge in [-0.15, -0.1) is 0 Å². The van der Waals surface area contributed by atoms with Crippen LogP contribution < -0.4 is 5.73 Å². The normalized spacial score (nSPS) is 14.1. The molecule has 0 aromatic rings. The van der Waals surface area contributed by atoms with Gasteiger partial charge in [0.15, 0.2) is 9.84 Å². The summed E-state index contributed by atoms with van der Waals surface area (Å²) in [6.07, 6.45) is 1.29. The van der Waals surface area contributed by atoms with Gasteiger partial charge >= 0.3 is 5.97 Å². The van der Waals surface area contributed by atoms with E-state index in [-0.39, 0.29) is 12.2 Å². The second kappa shape index (κ2) is 6.58. The molecule has 0 aliphatic rings. The van der Waals surface area contributed by atoms with E-state index in [4.69, 9.17) is 5.73 Å². The number of rotatable bonds is 6. The van der Waals surface area contributed by atoms with Crippen molar-refractivity contribution < 1.29 is 17.9 Å². The van der Waals surface area contributed by atoms with Gasteiger partial charge in [-0.25, -0.2) is 8.42 Å². The summed E-state index contributed by atoms with van der Waals surface area (Å²) in [4.78, 5) is 11.0. The van der Waals surface area contributed by atoms with Crippen LogP contribution >= 0.6 is 0 Å². The highest BCUT2D eigenvalue weighted by atomic mass is 32.2. The molecule has 0 amide bonds. The Hall–Kier alpha value is -0.880. The maximum Gasteiger partial charge on any atom is 0.307 e. The van der Waals surface area contributed by atoms with Crippen LogP contribution in [0.3, 0.4) is 0 Å². The summed E-state index contributed by atoms with van der Waals surface area (Å²) in [5.74, 6) is -0.404. The Balaban J connectivity index is 4.15. The molecule has 0 saturated carbocycles. The SMILES string of the molecule is CCOC(=O)C[C@H](N)/C=C/S(=O)(=O)CC. The van der Waals surface area contributed by atoms with Crippen molar-refractivity contribution in [3.63, 3.8) is 0 Å². The first-order valence-electron chi connectivity index (χ1n) is 4.73. The van der Waals surface area contributed by atoms with Gasteiger partial charge in [-0.1, -0.05) is 13.0 Å². The molecular formula is C9H17NO4S. The number of ether oxygens (including phenoxy) is 1. The number of hydrogen-bond acceptors (Lipinski definition) is 5. The van der Waals surface area contributed by atoms with Crippen molar-refractivity contribution in [1.82, 2.24) is 0 Å². The molecule has 0 aliphatic heterocycles. The number of carbonyl (C=O) groups excluding carboxylic acids is 1. The molecule has 0 saturated heterocycles. The van der Waals surface area contributed by atoms with E-state index >= 15 is 0 Å². The van der Waals surface area contributed by atoms with E-state index in [1.165, 1.54) is 13.0 Å². The molecule has 0 rings (SSSR count). The second-order valence-electron chi connectivity index (χ2n) is 2.95. The van der Waals surface area contributed by atoms with Gasteiger partial charge in [-0.3, -0.25) is 4.79 Å². The molecule has 0 bridgehead atoms. The summed E-state index contributed by atoms with van der Waals surface area (Å²) < 4.78 is 26.8. The third-order valence-electron chi connectivity index (χ3n) is 1.64. The molecule has 88 valence electrons. The van der Waals surface area contributed by atoms with E-state index in [0.29, 0.717) is 6.61 Å². The maximum absolute atomic E-state index is 11.1. The Kier molecular flexibility index (Phi) is 6.19. The largest absolute Gasteiger partial charge is 0.466 e. The quantitative estimate of drug-likeness (QED) is 0.665. The number of esters is 1. The lowest BCUT2D eigenvalue weighted by atomic mass is 10.2. The highest BCUT2D eigenvalue weighted by Crippen LogP contribution is 1.98. The molecular weight excluding hydrogens is 218 g/mol. The maximum atomic E-state index is 11.1. The lowest BCUT2D eigenvalue weighted by molar-refractivity contribution is -0.143. The van der Waals surface area contributed by atoms with Crippen molar-refractivity contribution in [1.29, 1.82) is 0 Å². The molecule has 1 atom stereocenters. The van der Waals surface area contributed by atoms with Gasteiger partial charge in [0, 0.05) is 11.4 Å².